The zero-order chi connectivity index (χ0) is 13.5. The van der Waals surface area contributed by atoms with E-state index in [0.717, 1.165) is 12.7 Å². The largest absolute Gasteiger partial charge is 0.394 e. The van der Waals surface area contributed by atoms with Crippen LogP contribution in [-0.2, 0) is 4.79 Å². The van der Waals surface area contributed by atoms with Gasteiger partial charge in [-0.25, -0.2) is 0 Å². The zero-order valence-corrected chi connectivity index (χ0v) is 11.2. The molecule has 0 fully saturated rings. The number of aliphatic hydroxyl groups excluding tert-OH is 1. The molecule has 0 saturated heterocycles. The van der Waals surface area contributed by atoms with Crippen molar-refractivity contribution in [1.82, 2.24) is 10.6 Å². The normalized spacial score (nSPS) is 16.1. The molecular weight excluding hydrogens is 218 g/mol. The monoisotopic (exact) mass is 243 g/mol. The molecule has 2 atom stereocenters. The first-order chi connectivity index (χ1) is 7.86. The van der Waals surface area contributed by atoms with E-state index >= 15 is 0 Å². The van der Waals surface area contributed by atoms with Gasteiger partial charge in [-0.1, -0.05) is 20.8 Å². The summed E-state index contributed by atoms with van der Waals surface area (Å²) in [6.45, 7) is 7.74. The fraction of sp³-hybridized carbons (Fsp3) is 0.833. The lowest BCUT2D eigenvalue weighted by atomic mass is 9.92. The summed E-state index contributed by atoms with van der Waals surface area (Å²) in [5.74, 6) is 0.450. The summed E-state index contributed by atoms with van der Waals surface area (Å²) in [6.07, 6.45) is 2.22. The lowest BCUT2D eigenvalue weighted by molar-refractivity contribution is -0.112. The summed E-state index contributed by atoms with van der Waals surface area (Å²) in [7, 11) is 0. The Bertz CT molecular complexity index is 252. The molecule has 100 valence electrons. The molecule has 2 unspecified atom stereocenters. The molecule has 5 nitrogen and oxygen atoms in total. The van der Waals surface area contributed by atoms with Crippen molar-refractivity contribution in [2.24, 2.45) is 5.92 Å². The molecular formula is C12H25N3O2. The molecule has 17 heavy (non-hydrogen) atoms. The number of hydrogen-bond acceptors (Lipinski definition) is 3. The van der Waals surface area contributed by atoms with Crippen LogP contribution in [0.25, 0.3) is 0 Å². The molecule has 4 N–H and O–H groups in total. The minimum atomic E-state index is -0.730. The summed E-state index contributed by atoms with van der Waals surface area (Å²) in [6, 6.07) is -0.148. The Morgan fingerprint density at radius 2 is 2.12 bits per heavy atom. The topological polar surface area (TPSA) is 85.2 Å². The molecule has 0 radical (unpaired) electrons. The van der Waals surface area contributed by atoms with E-state index in [1.165, 1.54) is 0 Å². The standard InChI is InChI=1S/C12H25N3O2/c1-5-10(7-16)14-11(13)15-12(4,8-17)6-9(2)3/h8-10,16H,5-7H2,1-4H3,(H3,13,14,15). The van der Waals surface area contributed by atoms with Gasteiger partial charge in [0.15, 0.2) is 5.96 Å². The van der Waals surface area contributed by atoms with Gasteiger partial charge in [-0.3, -0.25) is 5.41 Å². The van der Waals surface area contributed by atoms with E-state index < -0.39 is 5.54 Å². The Hall–Kier alpha value is -1.10. The summed E-state index contributed by atoms with van der Waals surface area (Å²) < 4.78 is 0. The van der Waals surface area contributed by atoms with Crippen LogP contribution in [0, 0.1) is 11.3 Å². The average molecular weight is 243 g/mol. The first-order valence-electron chi connectivity index (χ1n) is 6.07. The minimum Gasteiger partial charge on any atom is -0.394 e. The first kappa shape index (κ1) is 15.9. The number of rotatable bonds is 7. The molecule has 0 aliphatic heterocycles. The number of hydrogen-bond donors (Lipinski definition) is 4. The third-order valence-electron chi connectivity index (χ3n) is 2.56. The first-order valence-corrected chi connectivity index (χ1v) is 6.07. The van der Waals surface area contributed by atoms with Gasteiger partial charge in [0.05, 0.1) is 18.2 Å². The maximum atomic E-state index is 11.1. The van der Waals surface area contributed by atoms with Crippen molar-refractivity contribution in [3.63, 3.8) is 0 Å². The number of aldehydes is 1. The number of carbonyl (C=O) groups is 1. The molecule has 0 aliphatic rings. The molecule has 0 rings (SSSR count). The predicted molar refractivity (Wildman–Crippen MR) is 69.1 cm³/mol. The van der Waals surface area contributed by atoms with Crippen LogP contribution >= 0.6 is 0 Å². The van der Waals surface area contributed by atoms with Crippen molar-refractivity contribution in [2.45, 2.75) is 52.1 Å². The highest BCUT2D eigenvalue weighted by Crippen LogP contribution is 2.13. The van der Waals surface area contributed by atoms with Crippen LogP contribution in [0.5, 0.6) is 0 Å². The van der Waals surface area contributed by atoms with Crippen molar-refractivity contribution in [2.75, 3.05) is 6.61 Å². The van der Waals surface area contributed by atoms with Crippen LogP contribution in [0.15, 0.2) is 0 Å². The summed E-state index contributed by atoms with van der Waals surface area (Å²) >= 11 is 0. The summed E-state index contributed by atoms with van der Waals surface area (Å²) in [4.78, 5) is 11.1. The second kappa shape index (κ2) is 7.27. The summed E-state index contributed by atoms with van der Waals surface area (Å²) in [5, 5.41) is 22.5. The Labute approximate surface area is 103 Å². The smallest absolute Gasteiger partial charge is 0.189 e. The van der Waals surface area contributed by atoms with Gasteiger partial charge >= 0.3 is 0 Å². The van der Waals surface area contributed by atoms with Crippen molar-refractivity contribution in [3.8, 4) is 0 Å². The lowest BCUT2D eigenvalue weighted by Crippen LogP contribution is -2.54. The third kappa shape index (κ3) is 6.26. The van der Waals surface area contributed by atoms with E-state index in [2.05, 4.69) is 10.6 Å². The van der Waals surface area contributed by atoms with Gasteiger partial charge in [-0.15, -0.1) is 0 Å². The fourth-order valence-corrected chi connectivity index (χ4v) is 1.78. The summed E-state index contributed by atoms with van der Waals surface area (Å²) in [5.41, 5.74) is -0.730. The van der Waals surface area contributed by atoms with Gasteiger partial charge in [0.25, 0.3) is 0 Å². The van der Waals surface area contributed by atoms with Crippen molar-refractivity contribution >= 4 is 12.2 Å². The van der Waals surface area contributed by atoms with Crippen molar-refractivity contribution < 1.29 is 9.90 Å². The van der Waals surface area contributed by atoms with E-state index in [-0.39, 0.29) is 18.6 Å². The zero-order valence-electron chi connectivity index (χ0n) is 11.2. The molecule has 0 aliphatic carbocycles. The Kier molecular flexibility index (Phi) is 6.80. The van der Waals surface area contributed by atoms with E-state index in [4.69, 9.17) is 10.5 Å². The van der Waals surface area contributed by atoms with E-state index in [0.29, 0.717) is 12.3 Å². The molecule has 0 heterocycles. The van der Waals surface area contributed by atoms with Crippen LogP contribution in [-0.4, -0.2) is 35.5 Å². The van der Waals surface area contributed by atoms with Crippen LogP contribution in [0.1, 0.15) is 40.5 Å². The van der Waals surface area contributed by atoms with Crippen LogP contribution < -0.4 is 10.6 Å². The van der Waals surface area contributed by atoms with Gasteiger partial charge < -0.3 is 20.5 Å². The third-order valence-corrected chi connectivity index (χ3v) is 2.56. The molecule has 0 saturated carbocycles. The molecule has 0 bridgehead atoms. The van der Waals surface area contributed by atoms with E-state index in [1.54, 1.807) is 6.92 Å². The molecule has 0 aromatic carbocycles. The molecule has 0 aromatic rings. The SMILES string of the molecule is CCC(CO)NC(=N)NC(C)(C=O)CC(C)C. The van der Waals surface area contributed by atoms with Crippen molar-refractivity contribution in [1.29, 1.82) is 5.41 Å². The Morgan fingerprint density at radius 1 is 1.53 bits per heavy atom. The number of aliphatic hydroxyl groups is 1. The number of nitrogens with one attached hydrogen (secondary N) is 3. The van der Waals surface area contributed by atoms with Gasteiger partial charge in [-0.2, -0.15) is 0 Å². The Morgan fingerprint density at radius 3 is 2.47 bits per heavy atom. The van der Waals surface area contributed by atoms with Crippen LogP contribution in [0.4, 0.5) is 0 Å². The molecule has 0 spiro atoms. The fourth-order valence-electron chi connectivity index (χ4n) is 1.78. The molecule has 0 aromatic heterocycles. The molecule has 0 amide bonds. The Balaban J connectivity index is 4.37. The maximum absolute atomic E-state index is 11.1. The maximum Gasteiger partial charge on any atom is 0.189 e. The predicted octanol–water partition coefficient (Wildman–Crippen LogP) is 0.875. The van der Waals surface area contributed by atoms with Crippen LogP contribution in [0.2, 0.25) is 0 Å². The quantitative estimate of drug-likeness (QED) is 0.304. The van der Waals surface area contributed by atoms with E-state index in [1.807, 2.05) is 20.8 Å². The van der Waals surface area contributed by atoms with Gasteiger partial charge in [0.1, 0.15) is 6.29 Å². The number of carbonyl (C=O) groups excluding carboxylic acids is 1. The average Bonchev–Trinajstić information content (AvgIpc) is 2.24. The number of guanidine groups is 1. The van der Waals surface area contributed by atoms with E-state index in [9.17, 15) is 4.79 Å². The lowest BCUT2D eigenvalue weighted by Gasteiger charge is -2.29. The van der Waals surface area contributed by atoms with Gasteiger partial charge in [-0.05, 0) is 25.7 Å². The minimum absolute atomic E-state index is 0.0253. The highest BCUT2D eigenvalue weighted by Gasteiger charge is 2.26. The van der Waals surface area contributed by atoms with Gasteiger partial charge in [0.2, 0.25) is 0 Å². The second-order valence-corrected chi connectivity index (χ2v) is 5.07. The second-order valence-electron chi connectivity index (χ2n) is 5.07. The molecule has 5 heteroatoms. The van der Waals surface area contributed by atoms with Gasteiger partial charge in [0, 0.05) is 0 Å². The van der Waals surface area contributed by atoms with Crippen molar-refractivity contribution in [3.05, 3.63) is 0 Å². The highest BCUT2D eigenvalue weighted by molar-refractivity contribution is 5.82. The highest BCUT2D eigenvalue weighted by atomic mass is 16.3. The van der Waals surface area contributed by atoms with Crippen LogP contribution in [0.3, 0.4) is 0 Å².